The van der Waals surface area contributed by atoms with Crippen molar-refractivity contribution in [1.29, 1.82) is 0 Å². The van der Waals surface area contributed by atoms with Crippen molar-refractivity contribution in [2.75, 3.05) is 33.0 Å². The molecule has 0 aliphatic heterocycles. The number of esters is 1. The molecule has 1 amide bonds. The van der Waals surface area contributed by atoms with E-state index in [1.54, 1.807) is 26.8 Å². The first kappa shape index (κ1) is 31.8. The van der Waals surface area contributed by atoms with E-state index in [2.05, 4.69) is 66.3 Å². The quantitative estimate of drug-likeness (QED) is 0.160. The molecule has 0 fully saturated rings. The molecule has 0 radical (unpaired) electrons. The summed E-state index contributed by atoms with van der Waals surface area (Å²) in [6, 6.07) is 20.7. The summed E-state index contributed by atoms with van der Waals surface area (Å²) in [5.74, 6) is -0.494. The predicted molar refractivity (Wildman–Crippen MR) is 157 cm³/mol. The number of ether oxygens (including phenoxy) is 3. The molecule has 1 N–H and O–H groups in total. The molecular weight excluding hydrogens is 566 g/mol. The second-order valence-corrected chi connectivity index (χ2v) is 15.9. The number of carbonyl (C=O) groups is 2. The van der Waals surface area contributed by atoms with Crippen LogP contribution in [0, 0.1) is 0 Å². The van der Waals surface area contributed by atoms with Crippen LogP contribution in [0.2, 0.25) is 5.04 Å². The number of alkyl carbamates (subject to hydrolysis) is 1. The molecule has 0 atom stereocenters. The summed E-state index contributed by atoms with van der Waals surface area (Å²) < 4.78 is 22.9. The number of hydrogen-bond donors (Lipinski definition) is 1. The molecule has 9 heteroatoms. The molecule has 2 rings (SSSR count). The Hall–Kier alpha value is -2.46. The van der Waals surface area contributed by atoms with Crippen LogP contribution in [0.5, 0.6) is 0 Å². The van der Waals surface area contributed by atoms with Gasteiger partial charge in [0.25, 0.3) is 8.32 Å². The summed E-state index contributed by atoms with van der Waals surface area (Å²) in [5.41, 5.74) is -0.551. The molecule has 2 aromatic carbocycles. The van der Waals surface area contributed by atoms with Crippen molar-refractivity contribution >= 4 is 46.7 Å². The van der Waals surface area contributed by atoms with E-state index in [9.17, 15) is 9.59 Å². The minimum Gasteiger partial charge on any atom is -0.459 e. The smallest absolute Gasteiger partial charge is 0.407 e. The summed E-state index contributed by atoms with van der Waals surface area (Å²) in [4.78, 5) is 24.0. The summed E-state index contributed by atoms with van der Waals surface area (Å²) in [6.45, 7) is 13.1. The number of rotatable bonds is 12. The monoisotopic (exact) mass is 605 g/mol. The second-order valence-electron chi connectivity index (χ2n) is 10.7. The van der Waals surface area contributed by atoms with Crippen molar-refractivity contribution in [1.82, 2.24) is 5.32 Å². The van der Waals surface area contributed by atoms with E-state index in [0.717, 1.165) is 0 Å². The first-order valence-electron chi connectivity index (χ1n) is 12.7. The molecule has 0 aliphatic carbocycles. The summed E-state index contributed by atoms with van der Waals surface area (Å²) >= 11 is 3.33. The van der Waals surface area contributed by atoms with E-state index in [1.807, 2.05) is 36.4 Å². The van der Waals surface area contributed by atoms with Crippen molar-refractivity contribution in [2.24, 2.45) is 0 Å². The maximum absolute atomic E-state index is 12.4. The molecule has 2 aromatic rings. The van der Waals surface area contributed by atoms with Crippen molar-refractivity contribution in [3.05, 3.63) is 71.2 Å². The first-order valence-corrected chi connectivity index (χ1v) is 15.4. The molecule has 0 aromatic heterocycles. The van der Waals surface area contributed by atoms with Gasteiger partial charge in [-0.05, 0) is 58.2 Å². The number of carbonyl (C=O) groups excluding carboxylic acids is 2. The highest BCUT2D eigenvalue weighted by Gasteiger charge is 2.49. The van der Waals surface area contributed by atoms with Gasteiger partial charge in [0.1, 0.15) is 16.7 Å². The minimum atomic E-state index is -2.69. The zero-order valence-electron chi connectivity index (χ0n) is 23.2. The first-order chi connectivity index (χ1) is 17.9. The van der Waals surface area contributed by atoms with Crippen LogP contribution in [0.4, 0.5) is 4.79 Å². The summed E-state index contributed by atoms with van der Waals surface area (Å²) in [5, 5.41) is 4.79. The van der Waals surface area contributed by atoms with Crippen LogP contribution in [0.1, 0.15) is 41.5 Å². The zero-order chi connectivity index (χ0) is 28.2. The lowest BCUT2D eigenvalue weighted by molar-refractivity contribution is -0.139. The van der Waals surface area contributed by atoms with Crippen LogP contribution in [0.3, 0.4) is 0 Å². The number of halogens is 1. The average Bonchev–Trinajstić information content (AvgIpc) is 2.85. The Morgan fingerprint density at radius 2 is 1.42 bits per heavy atom. The van der Waals surface area contributed by atoms with Crippen molar-refractivity contribution in [2.45, 2.75) is 52.2 Å². The van der Waals surface area contributed by atoms with Crippen LogP contribution in [0.25, 0.3) is 0 Å². The Morgan fingerprint density at radius 1 is 0.868 bits per heavy atom. The minimum absolute atomic E-state index is 0.0871. The normalized spacial score (nSPS) is 12.7. The summed E-state index contributed by atoms with van der Waals surface area (Å²) in [6.07, 6.45) is 1.20. The molecule has 0 aliphatic rings. The van der Waals surface area contributed by atoms with Gasteiger partial charge in [-0.1, -0.05) is 81.4 Å². The van der Waals surface area contributed by atoms with Crippen LogP contribution in [0.15, 0.2) is 71.2 Å². The standard InChI is InChI=1S/C29H40BrNO6Si/c1-28(2,3)37-27(33)31-18-20-34-21-22-35-26(32)25(30)17-19-36-38(29(4,5)6,23-13-9-7-10-14-23)24-15-11-8-12-16-24/h7-17H,18-22H2,1-6H3,(H,31,33)/b25-17-. The van der Waals surface area contributed by atoms with Gasteiger partial charge < -0.3 is 24.0 Å². The van der Waals surface area contributed by atoms with E-state index < -0.39 is 26.0 Å². The Kier molecular flexibility index (Phi) is 12.2. The maximum Gasteiger partial charge on any atom is 0.407 e. The SMILES string of the molecule is CC(C)(C)OC(=O)NCCOCCOC(=O)/C(Br)=C/CO[Si](c1ccccc1)(c1ccccc1)C(C)(C)C. The lowest BCUT2D eigenvalue weighted by atomic mass is 10.2. The fourth-order valence-electron chi connectivity index (χ4n) is 3.99. The third kappa shape index (κ3) is 9.69. The summed E-state index contributed by atoms with van der Waals surface area (Å²) in [7, 11) is -2.69. The molecule has 0 saturated carbocycles. The predicted octanol–water partition coefficient (Wildman–Crippen LogP) is 4.93. The third-order valence-corrected chi connectivity index (χ3v) is 11.2. The van der Waals surface area contributed by atoms with E-state index in [1.165, 1.54) is 10.4 Å². The Bertz CT molecular complexity index is 1010. The molecule has 0 saturated heterocycles. The Morgan fingerprint density at radius 3 is 1.92 bits per heavy atom. The van der Waals surface area contributed by atoms with Gasteiger partial charge >= 0.3 is 12.1 Å². The van der Waals surface area contributed by atoms with E-state index in [-0.39, 0.29) is 31.5 Å². The topological polar surface area (TPSA) is 83.1 Å². The Balaban J connectivity index is 1.91. The second kappa shape index (κ2) is 14.6. The molecule has 0 heterocycles. The molecule has 0 unspecified atom stereocenters. The van der Waals surface area contributed by atoms with Gasteiger partial charge in [-0.2, -0.15) is 0 Å². The molecule has 7 nitrogen and oxygen atoms in total. The van der Waals surface area contributed by atoms with Gasteiger partial charge in [-0.15, -0.1) is 0 Å². The van der Waals surface area contributed by atoms with Gasteiger partial charge in [-0.3, -0.25) is 0 Å². The van der Waals surface area contributed by atoms with Crippen molar-refractivity contribution in [3.8, 4) is 0 Å². The van der Waals surface area contributed by atoms with E-state index in [0.29, 0.717) is 11.0 Å². The third-order valence-electron chi connectivity index (χ3n) is 5.55. The highest BCUT2D eigenvalue weighted by Crippen LogP contribution is 2.36. The van der Waals surface area contributed by atoms with Gasteiger partial charge in [-0.25, -0.2) is 9.59 Å². The molecule has 208 valence electrons. The van der Waals surface area contributed by atoms with Crippen LogP contribution in [-0.4, -0.2) is 59.0 Å². The number of amides is 1. The molecular formula is C29H40BrNO6Si. The molecule has 38 heavy (non-hydrogen) atoms. The van der Waals surface area contributed by atoms with Gasteiger partial charge in [0.2, 0.25) is 0 Å². The zero-order valence-corrected chi connectivity index (χ0v) is 25.8. The average molecular weight is 607 g/mol. The fourth-order valence-corrected chi connectivity index (χ4v) is 8.72. The molecule has 0 bridgehead atoms. The lowest BCUT2D eigenvalue weighted by Crippen LogP contribution is -2.66. The number of benzene rings is 2. The maximum atomic E-state index is 12.4. The van der Waals surface area contributed by atoms with Crippen LogP contribution < -0.4 is 15.7 Å². The van der Waals surface area contributed by atoms with Gasteiger partial charge in [0.05, 0.1) is 19.8 Å². The molecule has 0 spiro atoms. The van der Waals surface area contributed by atoms with Crippen molar-refractivity contribution in [3.63, 3.8) is 0 Å². The van der Waals surface area contributed by atoms with Gasteiger partial charge in [0, 0.05) is 6.54 Å². The largest absolute Gasteiger partial charge is 0.459 e. The van der Waals surface area contributed by atoms with E-state index >= 15 is 0 Å². The highest BCUT2D eigenvalue weighted by atomic mass is 79.9. The fraction of sp³-hybridized carbons (Fsp3) is 0.448. The highest BCUT2D eigenvalue weighted by molar-refractivity contribution is 9.12. The lowest BCUT2D eigenvalue weighted by Gasteiger charge is -2.42. The van der Waals surface area contributed by atoms with Gasteiger partial charge in [0.15, 0.2) is 0 Å². The Labute approximate surface area is 236 Å². The van der Waals surface area contributed by atoms with Crippen LogP contribution >= 0.6 is 15.9 Å². The number of hydrogen-bond acceptors (Lipinski definition) is 6. The number of nitrogens with one attached hydrogen (secondary N) is 1. The van der Waals surface area contributed by atoms with Crippen LogP contribution in [-0.2, 0) is 23.4 Å². The van der Waals surface area contributed by atoms with Crippen molar-refractivity contribution < 1.29 is 28.2 Å². The van der Waals surface area contributed by atoms with E-state index in [4.69, 9.17) is 18.6 Å².